The van der Waals surface area contributed by atoms with Crippen LogP contribution in [-0.2, 0) is 0 Å². The van der Waals surface area contributed by atoms with Crippen LogP contribution in [0.5, 0.6) is 0 Å². The van der Waals surface area contributed by atoms with Crippen molar-refractivity contribution < 1.29 is 4.39 Å². The van der Waals surface area contributed by atoms with Crippen LogP contribution in [0.25, 0.3) is 0 Å². The topological polar surface area (TPSA) is 26.0 Å². The minimum absolute atomic E-state index is 0.239. The summed E-state index contributed by atoms with van der Waals surface area (Å²) in [5.41, 5.74) is 8.79. The van der Waals surface area contributed by atoms with E-state index in [1.807, 2.05) is 23.8 Å². The van der Waals surface area contributed by atoms with Crippen LogP contribution < -0.4 is 5.73 Å². The smallest absolute Gasteiger partial charge is 0.123 e. The van der Waals surface area contributed by atoms with Crippen LogP contribution in [0.4, 0.5) is 4.39 Å². The Morgan fingerprint density at radius 1 is 1.31 bits per heavy atom. The van der Waals surface area contributed by atoms with Crippen LogP contribution in [0.3, 0.4) is 0 Å². The predicted molar refractivity (Wildman–Crippen MR) is 69.2 cm³/mol. The van der Waals surface area contributed by atoms with Crippen molar-refractivity contribution in [2.75, 3.05) is 0 Å². The van der Waals surface area contributed by atoms with E-state index in [9.17, 15) is 4.39 Å². The average Bonchev–Trinajstić information content (AvgIpc) is 2.62. The van der Waals surface area contributed by atoms with Gasteiger partial charge in [-0.05, 0) is 57.1 Å². The van der Waals surface area contributed by atoms with Gasteiger partial charge in [-0.15, -0.1) is 0 Å². The summed E-state index contributed by atoms with van der Waals surface area (Å²) < 4.78 is 14.2. The molecule has 2 rings (SSSR count). The van der Waals surface area contributed by atoms with E-state index in [-0.39, 0.29) is 11.9 Å². The van der Waals surface area contributed by atoms with Crippen molar-refractivity contribution in [3.63, 3.8) is 0 Å². The van der Waals surface area contributed by atoms with Gasteiger partial charge in [0.2, 0.25) is 0 Å². The summed E-state index contributed by atoms with van der Waals surface area (Å²) in [4.78, 5) is 0. The number of halogens is 2. The summed E-state index contributed by atoms with van der Waals surface area (Å²) in [6.07, 6.45) is 0. The normalized spacial score (nSPS) is 12.8. The first-order valence-corrected chi connectivity index (χ1v) is 6.56. The zero-order chi connectivity index (χ0) is 11.7. The van der Waals surface area contributed by atoms with Gasteiger partial charge in [0.05, 0.1) is 6.04 Å². The van der Waals surface area contributed by atoms with E-state index in [0.29, 0.717) is 0 Å². The van der Waals surface area contributed by atoms with Crippen LogP contribution in [0.1, 0.15) is 22.7 Å². The third-order valence-corrected chi connectivity index (χ3v) is 4.15. The molecule has 0 bridgehead atoms. The van der Waals surface area contributed by atoms with Gasteiger partial charge in [0.25, 0.3) is 0 Å². The number of aryl methyl sites for hydroxylation is 1. The maximum atomic E-state index is 13.3. The maximum absolute atomic E-state index is 13.3. The van der Waals surface area contributed by atoms with Crippen molar-refractivity contribution in [2.45, 2.75) is 13.0 Å². The first-order chi connectivity index (χ1) is 7.58. The van der Waals surface area contributed by atoms with Crippen LogP contribution in [0.15, 0.2) is 33.4 Å². The number of rotatable bonds is 2. The fraction of sp³-hybridized carbons (Fsp3) is 0.167. The van der Waals surface area contributed by atoms with Crippen molar-refractivity contribution >= 4 is 27.3 Å². The Hall–Kier alpha value is -0.710. The molecule has 84 valence electrons. The SMILES string of the molecule is Cc1cc(F)cc(C(N)c2cscc2Br)c1. The molecule has 1 nitrogen and oxygen atoms in total. The van der Waals surface area contributed by atoms with E-state index < -0.39 is 0 Å². The van der Waals surface area contributed by atoms with Crippen molar-refractivity contribution in [3.05, 3.63) is 55.9 Å². The lowest BCUT2D eigenvalue weighted by Gasteiger charge is -2.12. The quantitative estimate of drug-likeness (QED) is 0.891. The minimum atomic E-state index is -0.282. The van der Waals surface area contributed by atoms with Gasteiger partial charge in [-0.25, -0.2) is 4.39 Å². The molecule has 0 amide bonds. The van der Waals surface area contributed by atoms with Gasteiger partial charge in [-0.2, -0.15) is 11.3 Å². The molecule has 1 heterocycles. The summed E-state index contributed by atoms with van der Waals surface area (Å²) in [5.74, 6) is -0.239. The highest BCUT2D eigenvalue weighted by molar-refractivity contribution is 9.10. The van der Waals surface area contributed by atoms with E-state index in [4.69, 9.17) is 5.73 Å². The molecule has 16 heavy (non-hydrogen) atoms. The predicted octanol–water partition coefficient (Wildman–Crippen LogP) is 4.01. The van der Waals surface area contributed by atoms with Crippen LogP contribution >= 0.6 is 27.3 Å². The highest BCUT2D eigenvalue weighted by atomic mass is 79.9. The first-order valence-electron chi connectivity index (χ1n) is 4.82. The van der Waals surface area contributed by atoms with Crippen LogP contribution in [0.2, 0.25) is 0 Å². The van der Waals surface area contributed by atoms with Gasteiger partial charge >= 0.3 is 0 Å². The van der Waals surface area contributed by atoms with Gasteiger partial charge in [0, 0.05) is 9.85 Å². The summed E-state index contributed by atoms with van der Waals surface area (Å²) in [6.45, 7) is 1.86. The monoisotopic (exact) mass is 299 g/mol. The summed E-state index contributed by atoms with van der Waals surface area (Å²) >= 11 is 5.01. The fourth-order valence-electron chi connectivity index (χ4n) is 1.64. The number of hydrogen-bond donors (Lipinski definition) is 1. The van der Waals surface area contributed by atoms with Gasteiger partial charge in [0.15, 0.2) is 0 Å². The zero-order valence-electron chi connectivity index (χ0n) is 8.71. The second kappa shape index (κ2) is 4.65. The fourth-order valence-corrected chi connectivity index (χ4v) is 3.22. The van der Waals surface area contributed by atoms with E-state index in [1.54, 1.807) is 11.3 Å². The van der Waals surface area contributed by atoms with Crippen molar-refractivity contribution in [3.8, 4) is 0 Å². The number of nitrogens with two attached hydrogens (primary N) is 1. The van der Waals surface area contributed by atoms with E-state index in [2.05, 4.69) is 15.9 Å². The minimum Gasteiger partial charge on any atom is -0.320 e. The van der Waals surface area contributed by atoms with Crippen LogP contribution in [-0.4, -0.2) is 0 Å². The lowest BCUT2D eigenvalue weighted by molar-refractivity contribution is 0.622. The van der Waals surface area contributed by atoms with E-state index in [1.165, 1.54) is 12.1 Å². The lowest BCUT2D eigenvalue weighted by Crippen LogP contribution is -2.12. The molecule has 2 aromatic rings. The average molecular weight is 300 g/mol. The molecule has 0 saturated carbocycles. The second-order valence-electron chi connectivity index (χ2n) is 3.71. The Labute approximate surface area is 106 Å². The molecule has 0 saturated heterocycles. The largest absolute Gasteiger partial charge is 0.320 e. The van der Waals surface area contributed by atoms with Gasteiger partial charge < -0.3 is 5.73 Å². The Balaban J connectivity index is 2.41. The second-order valence-corrected chi connectivity index (χ2v) is 5.31. The molecule has 0 spiro atoms. The van der Waals surface area contributed by atoms with Gasteiger partial charge in [-0.3, -0.25) is 0 Å². The Bertz CT molecular complexity index is 489. The first kappa shape index (κ1) is 11.8. The van der Waals surface area contributed by atoms with E-state index in [0.717, 1.165) is 21.2 Å². The molecule has 0 aliphatic rings. The lowest BCUT2D eigenvalue weighted by atomic mass is 10.0. The summed E-state index contributed by atoms with van der Waals surface area (Å²) in [6, 6.07) is 4.62. The maximum Gasteiger partial charge on any atom is 0.123 e. The molecule has 0 aliphatic heterocycles. The highest BCUT2D eigenvalue weighted by Gasteiger charge is 2.14. The summed E-state index contributed by atoms with van der Waals surface area (Å²) in [5, 5.41) is 3.95. The third-order valence-electron chi connectivity index (χ3n) is 2.40. The summed E-state index contributed by atoms with van der Waals surface area (Å²) in [7, 11) is 0. The molecule has 0 aliphatic carbocycles. The van der Waals surface area contributed by atoms with Gasteiger partial charge in [0.1, 0.15) is 5.82 Å². The molecule has 0 radical (unpaired) electrons. The number of hydrogen-bond acceptors (Lipinski definition) is 2. The molecule has 0 fully saturated rings. The zero-order valence-corrected chi connectivity index (χ0v) is 11.1. The van der Waals surface area contributed by atoms with Crippen LogP contribution in [0, 0.1) is 12.7 Å². The van der Waals surface area contributed by atoms with Crippen molar-refractivity contribution in [1.82, 2.24) is 0 Å². The highest BCUT2D eigenvalue weighted by Crippen LogP contribution is 2.30. The third kappa shape index (κ3) is 2.34. The Morgan fingerprint density at radius 2 is 2.06 bits per heavy atom. The molecule has 1 aromatic carbocycles. The molecule has 2 N–H and O–H groups in total. The van der Waals surface area contributed by atoms with Crippen molar-refractivity contribution in [1.29, 1.82) is 0 Å². The Kier molecular flexibility index (Phi) is 3.42. The molecule has 4 heteroatoms. The van der Waals surface area contributed by atoms with Crippen molar-refractivity contribution in [2.24, 2.45) is 5.73 Å². The number of benzene rings is 1. The molecule has 1 atom stereocenters. The molecule has 1 aromatic heterocycles. The standard InChI is InChI=1S/C12H11BrFNS/c1-7-2-8(4-9(14)3-7)12(15)10-5-16-6-11(10)13/h2-6,12H,15H2,1H3. The molecule has 1 unspecified atom stereocenters. The van der Waals surface area contributed by atoms with Gasteiger partial charge in [-0.1, -0.05) is 6.07 Å². The Morgan fingerprint density at radius 3 is 2.62 bits per heavy atom. The number of thiophene rings is 1. The van der Waals surface area contributed by atoms with E-state index >= 15 is 0 Å². The molecular weight excluding hydrogens is 289 g/mol. The molecular formula is C12H11BrFNS.